The van der Waals surface area contributed by atoms with Crippen LogP contribution in [0.5, 0.6) is 0 Å². The Labute approximate surface area is 116 Å². The number of aromatic nitrogens is 1. The molecular formula is C15H18N2O3. The maximum atomic E-state index is 12.4. The molecule has 0 fully saturated rings. The van der Waals surface area contributed by atoms with Gasteiger partial charge < -0.3 is 15.0 Å². The standard InChI is InChI=1S/C15H18N2O3/c1-2-17(8-5-9-18)15(20)13-10-14(19)11-6-3-4-7-12(11)16-13/h3-4,6-7,10,18H,2,5,8-9H2,1H3,(H,16,19). The molecule has 0 saturated carbocycles. The van der Waals surface area contributed by atoms with Crippen LogP contribution in [0.4, 0.5) is 0 Å². The number of hydrogen-bond acceptors (Lipinski definition) is 3. The van der Waals surface area contributed by atoms with Crippen molar-refractivity contribution < 1.29 is 9.90 Å². The van der Waals surface area contributed by atoms with Crippen LogP contribution in [0.2, 0.25) is 0 Å². The number of para-hydroxylation sites is 1. The van der Waals surface area contributed by atoms with Gasteiger partial charge in [0.15, 0.2) is 5.43 Å². The molecule has 5 nitrogen and oxygen atoms in total. The number of pyridine rings is 1. The Hall–Kier alpha value is -2.14. The highest BCUT2D eigenvalue weighted by molar-refractivity contribution is 5.94. The van der Waals surface area contributed by atoms with Gasteiger partial charge in [-0.2, -0.15) is 0 Å². The molecule has 0 saturated heterocycles. The third kappa shape index (κ3) is 2.88. The summed E-state index contributed by atoms with van der Waals surface area (Å²) in [5, 5.41) is 9.42. The zero-order valence-electron chi connectivity index (χ0n) is 11.4. The number of hydrogen-bond donors (Lipinski definition) is 2. The van der Waals surface area contributed by atoms with Crippen molar-refractivity contribution in [3.63, 3.8) is 0 Å². The van der Waals surface area contributed by atoms with E-state index in [0.717, 1.165) is 0 Å². The third-order valence-corrected chi connectivity index (χ3v) is 3.22. The highest BCUT2D eigenvalue weighted by Crippen LogP contribution is 2.09. The first-order chi connectivity index (χ1) is 9.67. The second kappa shape index (κ2) is 6.34. The number of rotatable bonds is 5. The van der Waals surface area contributed by atoms with E-state index in [0.29, 0.717) is 30.4 Å². The van der Waals surface area contributed by atoms with Gasteiger partial charge in [-0.3, -0.25) is 9.59 Å². The van der Waals surface area contributed by atoms with E-state index >= 15 is 0 Å². The molecule has 1 aromatic heterocycles. The Balaban J connectivity index is 2.37. The maximum Gasteiger partial charge on any atom is 0.270 e. The lowest BCUT2D eigenvalue weighted by Crippen LogP contribution is -2.33. The van der Waals surface area contributed by atoms with Crippen LogP contribution in [0.1, 0.15) is 23.8 Å². The Bertz CT molecular complexity index is 663. The first-order valence-electron chi connectivity index (χ1n) is 6.69. The molecule has 1 aromatic carbocycles. The quantitative estimate of drug-likeness (QED) is 0.865. The first kappa shape index (κ1) is 14.3. The highest BCUT2D eigenvalue weighted by atomic mass is 16.3. The van der Waals surface area contributed by atoms with E-state index in [1.807, 2.05) is 13.0 Å². The van der Waals surface area contributed by atoms with Gasteiger partial charge in [-0.05, 0) is 25.5 Å². The zero-order chi connectivity index (χ0) is 14.5. The van der Waals surface area contributed by atoms with Gasteiger partial charge in [0.25, 0.3) is 5.91 Å². The number of carbonyl (C=O) groups is 1. The third-order valence-electron chi connectivity index (χ3n) is 3.22. The topological polar surface area (TPSA) is 73.4 Å². The molecule has 1 heterocycles. The van der Waals surface area contributed by atoms with Crippen LogP contribution in [0.15, 0.2) is 35.1 Å². The monoisotopic (exact) mass is 274 g/mol. The number of H-pyrrole nitrogens is 1. The smallest absolute Gasteiger partial charge is 0.270 e. The molecule has 1 amide bonds. The van der Waals surface area contributed by atoms with Crippen LogP contribution in [0.3, 0.4) is 0 Å². The fraction of sp³-hybridized carbons (Fsp3) is 0.333. The zero-order valence-corrected chi connectivity index (χ0v) is 11.4. The second-order valence-corrected chi connectivity index (χ2v) is 4.55. The predicted molar refractivity (Wildman–Crippen MR) is 77.8 cm³/mol. The Morgan fingerprint density at radius 2 is 2.10 bits per heavy atom. The SMILES string of the molecule is CCN(CCCO)C(=O)c1cc(=O)c2ccccc2[nH]1. The van der Waals surface area contributed by atoms with E-state index in [1.165, 1.54) is 6.07 Å². The summed E-state index contributed by atoms with van der Waals surface area (Å²) in [4.78, 5) is 29.0. The van der Waals surface area contributed by atoms with Crippen molar-refractivity contribution in [2.75, 3.05) is 19.7 Å². The Morgan fingerprint density at radius 3 is 2.80 bits per heavy atom. The van der Waals surface area contributed by atoms with Crippen molar-refractivity contribution in [2.45, 2.75) is 13.3 Å². The van der Waals surface area contributed by atoms with E-state index in [-0.39, 0.29) is 23.6 Å². The van der Waals surface area contributed by atoms with Gasteiger partial charge >= 0.3 is 0 Å². The van der Waals surface area contributed by atoms with Gasteiger partial charge in [0.2, 0.25) is 0 Å². The molecule has 0 aliphatic carbocycles. The largest absolute Gasteiger partial charge is 0.396 e. The number of nitrogens with one attached hydrogen (secondary N) is 1. The summed E-state index contributed by atoms with van der Waals surface area (Å²) < 4.78 is 0. The average Bonchev–Trinajstić information content (AvgIpc) is 2.47. The Morgan fingerprint density at radius 1 is 1.35 bits per heavy atom. The fourth-order valence-corrected chi connectivity index (χ4v) is 2.15. The molecule has 106 valence electrons. The number of fused-ring (bicyclic) bond motifs is 1. The van der Waals surface area contributed by atoms with Crippen molar-refractivity contribution >= 4 is 16.8 Å². The van der Waals surface area contributed by atoms with Gasteiger partial charge in [0, 0.05) is 36.7 Å². The number of aliphatic hydroxyl groups excluding tert-OH is 1. The molecule has 0 aliphatic rings. The number of amides is 1. The number of carbonyl (C=O) groups excluding carboxylic acids is 1. The second-order valence-electron chi connectivity index (χ2n) is 4.55. The minimum absolute atomic E-state index is 0.0397. The minimum atomic E-state index is -0.219. The summed E-state index contributed by atoms with van der Waals surface area (Å²) in [5.74, 6) is -0.219. The number of nitrogens with zero attached hydrogens (tertiary/aromatic N) is 1. The van der Waals surface area contributed by atoms with Crippen LogP contribution < -0.4 is 5.43 Å². The molecule has 2 N–H and O–H groups in total. The average molecular weight is 274 g/mol. The van der Waals surface area contributed by atoms with E-state index in [4.69, 9.17) is 5.11 Å². The van der Waals surface area contributed by atoms with Crippen molar-refractivity contribution in [1.82, 2.24) is 9.88 Å². The lowest BCUT2D eigenvalue weighted by molar-refractivity contribution is 0.0748. The summed E-state index contributed by atoms with van der Waals surface area (Å²) in [6.45, 7) is 2.92. The molecule has 0 spiro atoms. The maximum absolute atomic E-state index is 12.4. The molecule has 20 heavy (non-hydrogen) atoms. The lowest BCUT2D eigenvalue weighted by atomic mass is 10.2. The van der Waals surface area contributed by atoms with Crippen molar-refractivity contribution in [3.05, 3.63) is 46.2 Å². The van der Waals surface area contributed by atoms with Gasteiger partial charge in [-0.15, -0.1) is 0 Å². The van der Waals surface area contributed by atoms with Crippen LogP contribution in [0.25, 0.3) is 10.9 Å². The summed E-state index contributed by atoms with van der Waals surface area (Å²) in [7, 11) is 0. The minimum Gasteiger partial charge on any atom is -0.396 e. The molecule has 0 aliphatic heterocycles. The van der Waals surface area contributed by atoms with Gasteiger partial charge in [-0.25, -0.2) is 0 Å². The first-order valence-corrected chi connectivity index (χ1v) is 6.69. The van der Waals surface area contributed by atoms with E-state index in [1.54, 1.807) is 23.1 Å². The number of benzene rings is 1. The van der Waals surface area contributed by atoms with Crippen LogP contribution in [-0.2, 0) is 0 Å². The molecule has 0 bridgehead atoms. The van der Waals surface area contributed by atoms with Crippen molar-refractivity contribution in [3.8, 4) is 0 Å². The highest BCUT2D eigenvalue weighted by Gasteiger charge is 2.15. The van der Waals surface area contributed by atoms with Crippen LogP contribution in [-0.4, -0.2) is 40.6 Å². The molecular weight excluding hydrogens is 256 g/mol. The summed E-state index contributed by atoms with van der Waals surface area (Å²) in [6, 6.07) is 8.45. The fourth-order valence-electron chi connectivity index (χ4n) is 2.15. The van der Waals surface area contributed by atoms with Gasteiger partial charge in [-0.1, -0.05) is 12.1 Å². The number of aromatic amines is 1. The Kier molecular flexibility index (Phi) is 4.53. The van der Waals surface area contributed by atoms with Crippen molar-refractivity contribution in [2.24, 2.45) is 0 Å². The normalized spacial score (nSPS) is 10.7. The molecule has 5 heteroatoms. The molecule has 0 unspecified atom stereocenters. The van der Waals surface area contributed by atoms with E-state index in [9.17, 15) is 9.59 Å². The predicted octanol–water partition coefficient (Wildman–Crippen LogP) is 1.37. The summed E-state index contributed by atoms with van der Waals surface area (Å²) in [5.41, 5.74) is 0.774. The molecule has 2 aromatic rings. The van der Waals surface area contributed by atoms with Crippen LogP contribution in [0, 0.1) is 0 Å². The van der Waals surface area contributed by atoms with E-state index in [2.05, 4.69) is 4.98 Å². The van der Waals surface area contributed by atoms with E-state index < -0.39 is 0 Å². The molecule has 2 rings (SSSR count). The van der Waals surface area contributed by atoms with Crippen molar-refractivity contribution in [1.29, 1.82) is 0 Å². The lowest BCUT2D eigenvalue weighted by Gasteiger charge is -2.20. The molecule has 0 radical (unpaired) electrons. The number of aliphatic hydroxyl groups is 1. The summed E-state index contributed by atoms with van der Waals surface area (Å²) in [6.07, 6.45) is 0.525. The molecule has 0 atom stereocenters. The van der Waals surface area contributed by atoms with Gasteiger partial charge in [0.05, 0.1) is 0 Å². The summed E-state index contributed by atoms with van der Waals surface area (Å²) >= 11 is 0. The van der Waals surface area contributed by atoms with Gasteiger partial charge in [0.1, 0.15) is 5.69 Å². The van der Waals surface area contributed by atoms with Crippen LogP contribution >= 0.6 is 0 Å².